The summed E-state index contributed by atoms with van der Waals surface area (Å²) >= 11 is 1.60. The lowest BCUT2D eigenvalue weighted by Crippen LogP contribution is -2.48. The molecule has 8 nitrogen and oxygen atoms in total. The number of amides is 2. The predicted octanol–water partition coefficient (Wildman–Crippen LogP) is 5.49. The normalized spacial score (nSPS) is 17.3. The van der Waals surface area contributed by atoms with E-state index in [4.69, 9.17) is 4.52 Å². The maximum atomic E-state index is 13.5. The van der Waals surface area contributed by atoms with Gasteiger partial charge in [-0.15, -0.1) is 11.3 Å². The average Bonchev–Trinajstić information content (AvgIpc) is 3.65. The summed E-state index contributed by atoms with van der Waals surface area (Å²) in [6.07, 6.45) is -0.535. The van der Waals surface area contributed by atoms with Crippen LogP contribution in [0.15, 0.2) is 40.4 Å². The molecule has 2 N–H and O–H groups in total. The molecule has 0 saturated carbocycles. The second-order valence-corrected chi connectivity index (χ2v) is 10.0. The summed E-state index contributed by atoms with van der Waals surface area (Å²) in [4.78, 5) is 33.4. The molecule has 0 aliphatic carbocycles. The molecule has 208 valence electrons. The molecule has 1 aliphatic heterocycles. The Labute approximate surface area is 230 Å². The zero-order valence-corrected chi connectivity index (χ0v) is 24.6. The van der Waals surface area contributed by atoms with Crippen LogP contribution in [0.1, 0.15) is 76.6 Å². The van der Waals surface area contributed by atoms with Gasteiger partial charge in [-0.25, -0.2) is 4.98 Å². The van der Waals surface area contributed by atoms with Gasteiger partial charge >= 0.3 is 0 Å². The number of thiazole rings is 1. The lowest BCUT2D eigenvalue weighted by atomic mass is 9.91. The topological polar surface area (TPSA) is 109 Å². The van der Waals surface area contributed by atoms with Gasteiger partial charge in [0.15, 0.2) is 0 Å². The van der Waals surface area contributed by atoms with Crippen molar-refractivity contribution in [3.8, 4) is 10.4 Å². The molecule has 3 atom stereocenters. The van der Waals surface area contributed by atoms with E-state index in [1.165, 1.54) is 4.90 Å². The number of aliphatic hydroxyl groups excluding tert-OH is 1. The van der Waals surface area contributed by atoms with Crippen molar-refractivity contribution in [3.05, 3.63) is 58.6 Å². The van der Waals surface area contributed by atoms with Gasteiger partial charge in [0.25, 0.3) is 0 Å². The van der Waals surface area contributed by atoms with Crippen molar-refractivity contribution < 1.29 is 19.2 Å². The first kappa shape index (κ1) is 31.2. The van der Waals surface area contributed by atoms with Gasteiger partial charge in [-0.3, -0.25) is 9.59 Å². The minimum Gasteiger partial charge on any atom is -0.391 e. The van der Waals surface area contributed by atoms with Crippen LogP contribution in [0.5, 0.6) is 0 Å². The molecule has 38 heavy (non-hydrogen) atoms. The summed E-state index contributed by atoms with van der Waals surface area (Å²) in [5.41, 5.74) is 5.56. The number of carbonyl (C=O) groups is 2. The summed E-state index contributed by atoms with van der Waals surface area (Å²) in [5, 5.41) is 17.1. The number of hydrogen-bond acceptors (Lipinski definition) is 7. The molecule has 0 radical (unpaired) electrons. The fourth-order valence-corrected chi connectivity index (χ4v) is 5.22. The van der Waals surface area contributed by atoms with Crippen molar-refractivity contribution in [2.75, 3.05) is 6.54 Å². The minimum atomic E-state index is -0.745. The quantitative estimate of drug-likeness (QED) is 0.409. The molecule has 2 amide bonds. The zero-order valence-electron chi connectivity index (χ0n) is 23.8. The van der Waals surface area contributed by atoms with Crippen molar-refractivity contribution in [1.29, 1.82) is 0 Å². The standard InChI is InChI=1S/C25H30N4O4S.2C2H6/c1-14(2)22(21-9-15(3)28-33-21)25(32)29-12-19(30)10-20(29)24(31)26-11-17-5-7-18(8-6-17)23-16(4)27-13-34-23;2*1-2/h5-9,13-14,19-20,22,30H,10-12H2,1-4H3,(H,26,31);2*1-2H3. The molecule has 1 aliphatic rings. The first-order valence-corrected chi connectivity index (χ1v) is 14.3. The van der Waals surface area contributed by atoms with E-state index in [0.29, 0.717) is 18.0 Å². The number of aromatic nitrogens is 2. The fraction of sp³-hybridized carbons (Fsp3) is 0.517. The number of nitrogens with zero attached hydrogens (tertiary/aromatic N) is 3. The number of β-amino-alcohol motifs (C(OH)–C–C–N with tert-alkyl or cyclic N) is 1. The molecule has 3 aromatic rings. The highest BCUT2D eigenvalue weighted by Crippen LogP contribution is 2.31. The van der Waals surface area contributed by atoms with Crippen LogP contribution in [0.25, 0.3) is 10.4 Å². The number of aryl methyl sites for hydroxylation is 2. The predicted molar refractivity (Wildman–Crippen MR) is 152 cm³/mol. The van der Waals surface area contributed by atoms with Crippen LogP contribution in [0.3, 0.4) is 0 Å². The first-order chi connectivity index (χ1) is 18.2. The Hall–Kier alpha value is -3.04. The lowest BCUT2D eigenvalue weighted by molar-refractivity contribution is -0.141. The molecule has 2 aromatic heterocycles. The Morgan fingerprint density at radius 3 is 2.34 bits per heavy atom. The van der Waals surface area contributed by atoms with Gasteiger partial charge in [-0.2, -0.15) is 0 Å². The van der Waals surface area contributed by atoms with E-state index in [1.807, 2.05) is 78.2 Å². The monoisotopic (exact) mass is 542 g/mol. The second-order valence-electron chi connectivity index (χ2n) is 9.17. The van der Waals surface area contributed by atoms with Gasteiger partial charge in [0.05, 0.1) is 27.9 Å². The molecule has 3 unspecified atom stereocenters. The molecule has 4 rings (SSSR count). The number of carbonyl (C=O) groups excluding carboxylic acids is 2. The van der Waals surface area contributed by atoms with Crippen LogP contribution in [0.4, 0.5) is 0 Å². The van der Waals surface area contributed by atoms with Crippen molar-refractivity contribution in [1.82, 2.24) is 20.4 Å². The van der Waals surface area contributed by atoms with Crippen molar-refractivity contribution in [2.24, 2.45) is 5.92 Å². The third-order valence-electron chi connectivity index (χ3n) is 6.18. The van der Waals surface area contributed by atoms with Gasteiger partial charge in [0.2, 0.25) is 11.8 Å². The number of hydrogen-bond donors (Lipinski definition) is 2. The number of rotatable bonds is 7. The highest BCUT2D eigenvalue weighted by Gasteiger charge is 2.43. The Balaban J connectivity index is 0.00000121. The van der Waals surface area contributed by atoms with Crippen LogP contribution in [0.2, 0.25) is 0 Å². The van der Waals surface area contributed by atoms with Gasteiger partial charge in [0, 0.05) is 25.6 Å². The number of nitrogens with one attached hydrogen (secondary N) is 1. The summed E-state index contributed by atoms with van der Waals surface area (Å²) in [6.45, 7) is 16.1. The summed E-state index contributed by atoms with van der Waals surface area (Å²) in [5.74, 6) is -0.642. The van der Waals surface area contributed by atoms with Gasteiger partial charge < -0.3 is 19.8 Å². The van der Waals surface area contributed by atoms with Crippen molar-refractivity contribution in [2.45, 2.75) is 86.4 Å². The number of benzene rings is 1. The van der Waals surface area contributed by atoms with E-state index in [0.717, 1.165) is 21.7 Å². The molecule has 3 heterocycles. The summed E-state index contributed by atoms with van der Waals surface area (Å²) in [7, 11) is 0. The molecule has 9 heteroatoms. The van der Waals surface area contributed by atoms with Crippen LogP contribution in [-0.2, 0) is 16.1 Å². The van der Waals surface area contributed by atoms with Crippen molar-refractivity contribution in [3.63, 3.8) is 0 Å². The number of aliphatic hydroxyl groups is 1. The first-order valence-electron chi connectivity index (χ1n) is 13.4. The third-order valence-corrected chi connectivity index (χ3v) is 7.16. The SMILES string of the molecule is CC.CC.Cc1cc(C(C(=O)N2CC(O)CC2C(=O)NCc2ccc(-c3scnc3C)cc2)C(C)C)on1. The summed E-state index contributed by atoms with van der Waals surface area (Å²) in [6, 6.07) is 9.01. The molecular formula is C29H42N4O4S. The van der Waals surface area contributed by atoms with E-state index < -0.39 is 18.1 Å². The molecule has 1 fully saturated rings. The smallest absolute Gasteiger partial charge is 0.243 e. The van der Waals surface area contributed by atoms with E-state index in [-0.39, 0.29) is 30.7 Å². The van der Waals surface area contributed by atoms with Crippen LogP contribution in [0, 0.1) is 19.8 Å². The largest absolute Gasteiger partial charge is 0.391 e. The van der Waals surface area contributed by atoms with E-state index in [1.54, 1.807) is 24.3 Å². The zero-order chi connectivity index (χ0) is 28.4. The highest BCUT2D eigenvalue weighted by atomic mass is 32.1. The van der Waals surface area contributed by atoms with Crippen molar-refractivity contribution >= 4 is 23.2 Å². The van der Waals surface area contributed by atoms with Gasteiger partial charge in [-0.1, -0.05) is 71.0 Å². The maximum absolute atomic E-state index is 13.5. The molecular weight excluding hydrogens is 500 g/mol. The summed E-state index contributed by atoms with van der Waals surface area (Å²) < 4.78 is 5.38. The Morgan fingerprint density at radius 1 is 1.16 bits per heavy atom. The van der Waals surface area contributed by atoms with Crippen LogP contribution < -0.4 is 5.32 Å². The van der Waals surface area contributed by atoms with Gasteiger partial charge in [-0.05, 0) is 30.9 Å². The maximum Gasteiger partial charge on any atom is 0.243 e. The lowest BCUT2D eigenvalue weighted by Gasteiger charge is -2.28. The molecule has 1 saturated heterocycles. The van der Waals surface area contributed by atoms with Crippen LogP contribution in [-0.4, -0.2) is 50.7 Å². The molecule has 0 bridgehead atoms. The fourth-order valence-electron chi connectivity index (χ4n) is 4.41. The Morgan fingerprint density at radius 2 is 1.82 bits per heavy atom. The Kier molecular flexibility index (Phi) is 12.1. The number of likely N-dealkylation sites (tertiary alicyclic amines) is 1. The van der Waals surface area contributed by atoms with Crippen LogP contribution >= 0.6 is 11.3 Å². The highest BCUT2D eigenvalue weighted by molar-refractivity contribution is 7.13. The molecule has 1 aromatic carbocycles. The Bertz CT molecular complexity index is 1160. The second kappa shape index (κ2) is 14.8. The van der Waals surface area contributed by atoms with E-state index >= 15 is 0 Å². The van der Waals surface area contributed by atoms with E-state index in [2.05, 4.69) is 15.5 Å². The third kappa shape index (κ3) is 7.51. The molecule has 0 spiro atoms. The minimum absolute atomic E-state index is 0.0537. The van der Waals surface area contributed by atoms with Gasteiger partial charge in [0.1, 0.15) is 17.7 Å². The van der Waals surface area contributed by atoms with E-state index in [9.17, 15) is 14.7 Å². The average molecular weight is 543 g/mol.